The summed E-state index contributed by atoms with van der Waals surface area (Å²) in [6.45, 7) is 4.14. The highest BCUT2D eigenvalue weighted by Gasteiger charge is 2.32. The van der Waals surface area contributed by atoms with E-state index in [0.29, 0.717) is 28.7 Å². The van der Waals surface area contributed by atoms with E-state index < -0.39 is 0 Å². The third-order valence-electron chi connectivity index (χ3n) is 4.56. The zero-order valence-corrected chi connectivity index (χ0v) is 16.0. The van der Waals surface area contributed by atoms with Gasteiger partial charge in [0.1, 0.15) is 6.10 Å². The van der Waals surface area contributed by atoms with E-state index in [2.05, 4.69) is 6.92 Å². The summed E-state index contributed by atoms with van der Waals surface area (Å²) in [5, 5.41) is 0. The number of hydrogen-bond donors (Lipinski definition) is 0. The second kappa shape index (κ2) is 7.77. The number of benzene rings is 2. The van der Waals surface area contributed by atoms with Crippen molar-refractivity contribution in [1.82, 2.24) is 0 Å². The van der Waals surface area contributed by atoms with Crippen LogP contribution in [0.3, 0.4) is 0 Å². The maximum Gasteiger partial charge on any atom is 0.204 e. The van der Waals surface area contributed by atoms with E-state index in [4.69, 9.17) is 23.7 Å². The Morgan fingerprint density at radius 2 is 1.62 bits per heavy atom. The van der Waals surface area contributed by atoms with Crippen LogP contribution < -0.4 is 23.7 Å². The van der Waals surface area contributed by atoms with E-state index in [1.54, 1.807) is 21.3 Å². The highest BCUT2D eigenvalue weighted by Crippen LogP contribution is 2.47. The molecule has 0 spiro atoms. The molecule has 2 aromatic carbocycles. The van der Waals surface area contributed by atoms with Crippen LogP contribution in [-0.2, 0) is 6.42 Å². The molecule has 0 aromatic heterocycles. The summed E-state index contributed by atoms with van der Waals surface area (Å²) in [6.07, 6.45) is 1.59. The summed E-state index contributed by atoms with van der Waals surface area (Å²) < 4.78 is 28.7. The van der Waals surface area contributed by atoms with E-state index >= 15 is 0 Å². The van der Waals surface area contributed by atoms with Crippen LogP contribution in [0.1, 0.15) is 37.5 Å². The molecule has 2 atom stereocenters. The van der Waals surface area contributed by atoms with Crippen molar-refractivity contribution in [3.05, 3.63) is 41.5 Å². The molecule has 1 aliphatic rings. The molecule has 0 fully saturated rings. The maximum absolute atomic E-state index is 6.33. The summed E-state index contributed by atoms with van der Waals surface area (Å²) in [5.41, 5.74) is 2.15. The number of hydrogen-bond acceptors (Lipinski definition) is 5. The first-order chi connectivity index (χ1) is 12.6. The lowest BCUT2D eigenvalue weighted by atomic mass is 10.0. The topological polar surface area (TPSA) is 46.2 Å². The van der Waals surface area contributed by atoms with Crippen LogP contribution >= 0.6 is 0 Å². The molecule has 5 heteroatoms. The van der Waals surface area contributed by atoms with E-state index in [1.165, 1.54) is 5.56 Å². The molecule has 140 valence electrons. The Labute approximate surface area is 154 Å². The van der Waals surface area contributed by atoms with Crippen LogP contribution in [0.5, 0.6) is 28.7 Å². The van der Waals surface area contributed by atoms with Crippen molar-refractivity contribution in [1.29, 1.82) is 0 Å². The number of rotatable bonds is 6. The third-order valence-corrected chi connectivity index (χ3v) is 4.56. The fourth-order valence-electron chi connectivity index (χ4n) is 3.27. The highest BCUT2D eigenvalue weighted by molar-refractivity contribution is 5.55. The average Bonchev–Trinajstić information content (AvgIpc) is 2.66. The molecule has 26 heavy (non-hydrogen) atoms. The van der Waals surface area contributed by atoms with Gasteiger partial charge in [0.05, 0.1) is 21.3 Å². The van der Waals surface area contributed by atoms with Gasteiger partial charge in [-0.15, -0.1) is 0 Å². The molecule has 0 radical (unpaired) electrons. The van der Waals surface area contributed by atoms with Gasteiger partial charge in [-0.05, 0) is 43.2 Å². The van der Waals surface area contributed by atoms with Gasteiger partial charge >= 0.3 is 0 Å². The van der Waals surface area contributed by atoms with E-state index in [-0.39, 0.29) is 12.2 Å². The van der Waals surface area contributed by atoms with Gasteiger partial charge in [0.15, 0.2) is 29.1 Å². The SMILES string of the molecule is CCCc1cc(OC)c2c(c1)O[C@@H](c1ccc(OC)c(OC)c1)[C@H](C)O2. The molecule has 0 saturated carbocycles. The largest absolute Gasteiger partial charge is 0.493 e. The Balaban J connectivity index is 1.97. The molecular weight excluding hydrogens is 332 g/mol. The molecule has 0 saturated heterocycles. The van der Waals surface area contributed by atoms with Gasteiger partial charge in [-0.2, -0.15) is 0 Å². The fraction of sp³-hybridized carbons (Fsp3) is 0.429. The number of methoxy groups -OCH3 is 3. The molecule has 2 aromatic rings. The standard InChI is InChI=1S/C21H26O5/c1-6-7-14-10-18(24-5)21-19(11-14)26-20(13(2)25-21)15-8-9-16(22-3)17(12-15)23-4/h8-13,20H,6-7H2,1-5H3/t13-,20+/m0/s1. The monoisotopic (exact) mass is 358 g/mol. The molecule has 1 aliphatic heterocycles. The van der Waals surface area contributed by atoms with Crippen molar-refractivity contribution < 1.29 is 23.7 Å². The maximum atomic E-state index is 6.33. The van der Waals surface area contributed by atoms with Gasteiger partial charge in [-0.3, -0.25) is 0 Å². The lowest BCUT2D eigenvalue weighted by molar-refractivity contribution is 0.0279. The molecule has 5 nitrogen and oxygen atoms in total. The number of ether oxygens (including phenoxy) is 5. The summed E-state index contributed by atoms with van der Waals surface area (Å²) in [7, 11) is 4.90. The van der Waals surface area contributed by atoms with Gasteiger partial charge < -0.3 is 23.7 Å². The number of fused-ring (bicyclic) bond motifs is 1. The Hall–Kier alpha value is -2.56. The minimum atomic E-state index is -0.246. The summed E-state index contributed by atoms with van der Waals surface area (Å²) in [5.74, 6) is 3.45. The van der Waals surface area contributed by atoms with Gasteiger partial charge in [0, 0.05) is 5.56 Å². The van der Waals surface area contributed by atoms with Gasteiger partial charge in [-0.25, -0.2) is 0 Å². The first kappa shape index (κ1) is 18.2. The third kappa shape index (κ3) is 3.39. The summed E-state index contributed by atoms with van der Waals surface area (Å²) >= 11 is 0. The van der Waals surface area contributed by atoms with Gasteiger partial charge in [0.25, 0.3) is 0 Å². The average molecular weight is 358 g/mol. The zero-order chi connectivity index (χ0) is 18.7. The van der Waals surface area contributed by atoms with E-state index in [1.807, 2.05) is 37.3 Å². The molecular formula is C21H26O5. The van der Waals surface area contributed by atoms with Crippen LogP contribution in [0.4, 0.5) is 0 Å². The Morgan fingerprint density at radius 3 is 2.27 bits per heavy atom. The van der Waals surface area contributed by atoms with Crippen LogP contribution in [0.25, 0.3) is 0 Å². The lowest BCUT2D eigenvalue weighted by Gasteiger charge is -2.33. The first-order valence-electron chi connectivity index (χ1n) is 8.87. The predicted octanol–water partition coefficient (Wildman–Crippen LogP) is 4.57. The minimum Gasteiger partial charge on any atom is -0.493 e. The molecule has 1 heterocycles. The molecule has 3 rings (SSSR count). The van der Waals surface area contributed by atoms with E-state index in [9.17, 15) is 0 Å². The lowest BCUT2D eigenvalue weighted by Crippen LogP contribution is -2.31. The molecule has 0 amide bonds. The quantitative estimate of drug-likeness (QED) is 0.757. The van der Waals surface area contributed by atoms with Crippen LogP contribution in [0, 0.1) is 0 Å². The molecule has 0 bridgehead atoms. The molecule has 0 N–H and O–H groups in total. The molecule has 0 aliphatic carbocycles. The van der Waals surface area contributed by atoms with Crippen molar-refractivity contribution in [3.8, 4) is 28.7 Å². The van der Waals surface area contributed by atoms with Crippen LogP contribution in [0.15, 0.2) is 30.3 Å². The Morgan fingerprint density at radius 1 is 0.885 bits per heavy atom. The van der Waals surface area contributed by atoms with Crippen molar-refractivity contribution in [2.45, 2.75) is 38.9 Å². The smallest absolute Gasteiger partial charge is 0.204 e. The first-order valence-corrected chi connectivity index (χ1v) is 8.87. The zero-order valence-electron chi connectivity index (χ0n) is 16.0. The van der Waals surface area contributed by atoms with Crippen molar-refractivity contribution >= 4 is 0 Å². The van der Waals surface area contributed by atoms with Crippen LogP contribution in [-0.4, -0.2) is 27.4 Å². The summed E-state index contributed by atoms with van der Waals surface area (Å²) in [6, 6.07) is 9.86. The molecule has 0 unspecified atom stereocenters. The number of aryl methyl sites for hydroxylation is 1. The Bertz CT molecular complexity index is 771. The van der Waals surface area contributed by atoms with Crippen molar-refractivity contribution in [2.24, 2.45) is 0 Å². The highest BCUT2D eigenvalue weighted by atomic mass is 16.6. The predicted molar refractivity (Wildman–Crippen MR) is 100.0 cm³/mol. The van der Waals surface area contributed by atoms with Crippen LogP contribution in [0.2, 0.25) is 0 Å². The minimum absolute atomic E-state index is 0.175. The van der Waals surface area contributed by atoms with Crippen molar-refractivity contribution in [2.75, 3.05) is 21.3 Å². The fourth-order valence-corrected chi connectivity index (χ4v) is 3.27. The normalized spacial score (nSPS) is 18.3. The second-order valence-corrected chi connectivity index (χ2v) is 6.35. The summed E-state index contributed by atoms with van der Waals surface area (Å²) in [4.78, 5) is 0. The van der Waals surface area contributed by atoms with E-state index in [0.717, 1.165) is 18.4 Å². The van der Waals surface area contributed by atoms with Gasteiger partial charge in [-0.1, -0.05) is 19.4 Å². The Kier molecular flexibility index (Phi) is 5.45. The van der Waals surface area contributed by atoms with Crippen molar-refractivity contribution in [3.63, 3.8) is 0 Å². The van der Waals surface area contributed by atoms with Gasteiger partial charge in [0.2, 0.25) is 5.75 Å². The second-order valence-electron chi connectivity index (χ2n) is 6.35.